The van der Waals surface area contributed by atoms with E-state index in [1.54, 1.807) is 42.5 Å². The van der Waals surface area contributed by atoms with Crippen molar-refractivity contribution in [2.75, 3.05) is 5.32 Å². The minimum absolute atomic E-state index is 0.0961. The van der Waals surface area contributed by atoms with E-state index in [4.69, 9.17) is 11.6 Å². The molecular weight excluding hydrogens is 374 g/mol. The van der Waals surface area contributed by atoms with E-state index >= 15 is 0 Å². The Morgan fingerprint density at radius 2 is 1.39 bits per heavy atom. The number of hydrogen-bond donors (Lipinski definition) is 1. The van der Waals surface area contributed by atoms with E-state index in [9.17, 15) is 9.59 Å². The Morgan fingerprint density at radius 1 is 0.714 bits per heavy atom. The molecule has 0 fully saturated rings. The lowest BCUT2D eigenvalue weighted by atomic mass is 9.83. The predicted octanol–water partition coefficient (Wildman–Crippen LogP) is 4.80. The van der Waals surface area contributed by atoms with Crippen molar-refractivity contribution in [1.29, 1.82) is 0 Å². The molecule has 1 aromatic heterocycles. The number of nitrogens with zero attached hydrogens (tertiary/aromatic N) is 2. The highest BCUT2D eigenvalue weighted by molar-refractivity contribution is 6.30. The van der Waals surface area contributed by atoms with Crippen molar-refractivity contribution in [2.24, 2.45) is 0 Å². The third-order valence-electron chi connectivity index (χ3n) is 4.78. The van der Waals surface area contributed by atoms with Crippen LogP contribution in [0.5, 0.6) is 0 Å². The minimum atomic E-state index is -0.197. The lowest BCUT2D eigenvalue weighted by Gasteiger charge is -2.20. The maximum absolute atomic E-state index is 13.1. The normalized spacial score (nSPS) is 12.6. The van der Waals surface area contributed by atoms with Crippen molar-refractivity contribution < 1.29 is 9.59 Å². The molecule has 1 N–H and O–H groups in total. The van der Waals surface area contributed by atoms with Gasteiger partial charge >= 0.3 is 0 Å². The van der Waals surface area contributed by atoms with Crippen LogP contribution in [-0.4, -0.2) is 21.5 Å². The maximum atomic E-state index is 13.1. The first-order chi connectivity index (χ1) is 13.6. The molecule has 0 atom stereocenters. The monoisotopic (exact) mass is 385 g/mol. The Balaban J connectivity index is 1.69. The Bertz CT molecular complexity index is 1300. The van der Waals surface area contributed by atoms with Gasteiger partial charge in [0.05, 0.1) is 16.8 Å². The summed E-state index contributed by atoms with van der Waals surface area (Å²) in [6.45, 7) is 0. The first-order valence-electron chi connectivity index (χ1n) is 8.64. The zero-order valence-electron chi connectivity index (χ0n) is 14.4. The summed E-state index contributed by atoms with van der Waals surface area (Å²) in [5, 5.41) is 4.05. The number of carbonyl (C=O) groups excluding carboxylic acids is 2. The number of benzene rings is 3. The molecule has 1 aliphatic carbocycles. The summed E-state index contributed by atoms with van der Waals surface area (Å²) < 4.78 is 0. The van der Waals surface area contributed by atoms with Crippen LogP contribution in [-0.2, 0) is 0 Å². The summed E-state index contributed by atoms with van der Waals surface area (Å²) in [5.74, 6) is 0.111. The van der Waals surface area contributed by atoms with E-state index in [1.807, 2.05) is 24.3 Å². The molecule has 0 aliphatic heterocycles. The number of nitrogens with one attached hydrogen (secondary N) is 1. The highest BCUT2D eigenvalue weighted by atomic mass is 35.5. The molecule has 6 heteroatoms. The molecule has 0 spiro atoms. The van der Waals surface area contributed by atoms with Gasteiger partial charge in [-0.1, -0.05) is 48.5 Å². The summed E-state index contributed by atoms with van der Waals surface area (Å²) >= 11 is 6.07. The van der Waals surface area contributed by atoms with Crippen LogP contribution in [0.1, 0.15) is 31.8 Å². The molecule has 0 saturated carbocycles. The smallest absolute Gasteiger partial charge is 0.224 e. The van der Waals surface area contributed by atoms with Crippen LogP contribution in [0.25, 0.3) is 10.9 Å². The predicted molar refractivity (Wildman–Crippen MR) is 108 cm³/mol. The van der Waals surface area contributed by atoms with Gasteiger partial charge in [0.2, 0.25) is 5.28 Å². The van der Waals surface area contributed by atoms with Gasteiger partial charge in [-0.25, -0.2) is 4.98 Å². The lowest BCUT2D eigenvalue weighted by molar-refractivity contribution is 0.0979. The van der Waals surface area contributed by atoms with E-state index in [1.165, 1.54) is 0 Å². The third-order valence-corrected chi connectivity index (χ3v) is 4.95. The molecule has 0 amide bonds. The molecule has 3 aromatic carbocycles. The van der Waals surface area contributed by atoms with Crippen LogP contribution in [0.3, 0.4) is 0 Å². The third kappa shape index (κ3) is 2.48. The molecule has 1 heterocycles. The second kappa shape index (κ2) is 6.25. The van der Waals surface area contributed by atoms with E-state index < -0.39 is 0 Å². The SMILES string of the molecule is O=C1c2ccccc2C(=O)c2c(Nc3nc(Cl)nc4ccccc34)cccc21. The quantitative estimate of drug-likeness (QED) is 0.442. The van der Waals surface area contributed by atoms with Crippen molar-refractivity contribution in [1.82, 2.24) is 9.97 Å². The standard InChI is InChI=1S/C22H12ClN3O2/c23-22-25-16-10-4-3-8-14(16)21(26-22)24-17-11-5-9-15-18(17)20(28)13-7-2-1-6-12(13)19(15)27/h1-11H,(H,24,25,26). The molecule has 4 aromatic rings. The Kier molecular flexibility index (Phi) is 3.70. The van der Waals surface area contributed by atoms with E-state index in [2.05, 4.69) is 15.3 Å². The summed E-state index contributed by atoms with van der Waals surface area (Å²) in [4.78, 5) is 34.5. The summed E-state index contributed by atoms with van der Waals surface area (Å²) in [5.41, 5.74) is 2.73. The lowest BCUT2D eigenvalue weighted by Crippen LogP contribution is -2.22. The van der Waals surface area contributed by atoms with Crippen LogP contribution in [0.4, 0.5) is 11.5 Å². The summed E-state index contributed by atoms with van der Waals surface area (Å²) in [6.07, 6.45) is 0. The zero-order valence-corrected chi connectivity index (χ0v) is 15.2. The number of aromatic nitrogens is 2. The number of halogens is 1. The van der Waals surface area contributed by atoms with Crippen molar-refractivity contribution in [3.8, 4) is 0 Å². The number of rotatable bonds is 2. The Labute approximate surface area is 165 Å². The molecule has 28 heavy (non-hydrogen) atoms. The van der Waals surface area contributed by atoms with Gasteiger partial charge in [-0.3, -0.25) is 9.59 Å². The first-order valence-corrected chi connectivity index (χ1v) is 9.02. The first kappa shape index (κ1) is 16.6. The van der Waals surface area contributed by atoms with Gasteiger partial charge in [0.25, 0.3) is 0 Å². The van der Waals surface area contributed by atoms with Gasteiger partial charge in [-0.2, -0.15) is 4.98 Å². The topological polar surface area (TPSA) is 72.0 Å². The highest BCUT2D eigenvalue weighted by Gasteiger charge is 2.31. The second-order valence-electron chi connectivity index (χ2n) is 6.42. The molecule has 5 rings (SSSR count). The molecule has 0 radical (unpaired) electrons. The fourth-order valence-electron chi connectivity index (χ4n) is 3.52. The van der Waals surface area contributed by atoms with Gasteiger partial charge in [0, 0.05) is 22.1 Å². The molecule has 0 bridgehead atoms. The van der Waals surface area contributed by atoms with Crippen LogP contribution >= 0.6 is 11.6 Å². The number of hydrogen-bond acceptors (Lipinski definition) is 5. The van der Waals surface area contributed by atoms with Gasteiger partial charge in [-0.15, -0.1) is 0 Å². The van der Waals surface area contributed by atoms with Crippen molar-refractivity contribution >= 4 is 45.6 Å². The average molecular weight is 386 g/mol. The van der Waals surface area contributed by atoms with Crippen LogP contribution < -0.4 is 5.32 Å². The number of ketones is 2. The largest absolute Gasteiger partial charge is 0.339 e. The molecule has 5 nitrogen and oxygen atoms in total. The molecule has 0 saturated heterocycles. The fourth-order valence-corrected chi connectivity index (χ4v) is 3.70. The van der Waals surface area contributed by atoms with Gasteiger partial charge in [0.1, 0.15) is 5.82 Å². The summed E-state index contributed by atoms with van der Waals surface area (Å²) in [6, 6.07) is 19.5. The van der Waals surface area contributed by atoms with Crippen LogP contribution in [0.15, 0.2) is 66.7 Å². The molecule has 134 valence electrons. The Hall–Kier alpha value is -3.57. The summed E-state index contributed by atoms with van der Waals surface area (Å²) in [7, 11) is 0. The van der Waals surface area contributed by atoms with Gasteiger partial charge in [-0.05, 0) is 29.8 Å². The van der Waals surface area contributed by atoms with Gasteiger partial charge < -0.3 is 5.32 Å². The van der Waals surface area contributed by atoms with Crippen LogP contribution in [0, 0.1) is 0 Å². The van der Waals surface area contributed by atoms with Crippen LogP contribution in [0.2, 0.25) is 5.28 Å². The number of anilines is 2. The number of carbonyl (C=O) groups is 2. The maximum Gasteiger partial charge on any atom is 0.224 e. The molecule has 1 aliphatic rings. The number of para-hydroxylation sites is 1. The average Bonchev–Trinajstić information content (AvgIpc) is 2.72. The van der Waals surface area contributed by atoms with E-state index in [-0.39, 0.29) is 16.9 Å². The second-order valence-corrected chi connectivity index (χ2v) is 6.75. The van der Waals surface area contributed by atoms with Crippen molar-refractivity contribution in [3.63, 3.8) is 0 Å². The molecular formula is C22H12ClN3O2. The fraction of sp³-hybridized carbons (Fsp3) is 0. The van der Waals surface area contributed by atoms with Crippen molar-refractivity contribution in [3.05, 3.63) is 94.3 Å². The zero-order chi connectivity index (χ0) is 19.3. The minimum Gasteiger partial charge on any atom is -0.339 e. The van der Waals surface area contributed by atoms with Crippen molar-refractivity contribution in [2.45, 2.75) is 0 Å². The number of fused-ring (bicyclic) bond motifs is 3. The highest BCUT2D eigenvalue weighted by Crippen LogP contribution is 2.34. The van der Waals surface area contributed by atoms with E-state index in [0.717, 1.165) is 5.39 Å². The van der Waals surface area contributed by atoms with Gasteiger partial charge in [0.15, 0.2) is 11.6 Å². The Morgan fingerprint density at radius 3 is 2.21 bits per heavy atom. The van der Waals surface area contributed by atoms with E-state index in [0.29, 0.717) is 39.3 Å². The molecule has 0 unspecified atom stereocenters.